The quantitative estimate of drug-likeness (QED) is 0.729. The third-order valence-electron chi connectivity index (χ3n) is 1.88. The van der Waals surface area contributed by atoms with Gasteiger partial charge in [0.25, 0.3) is 0 Å². The zero-order valence-electron chi connectivity index (χ0n) is 5.70. The fourth-order valence-electron chi connectivity index (χ4n) is 1.17. The van der Waals surface area contributed by atoms with Crippen LogP contribution < -0.4 is 0 Å². The van der Waals surface area contributed by atoms with Crippen LogP contribution in [-0.2, 0) is 0 Å². The number of aromatic nitrogens is 2. The van der Waals surface area contributed by atoms with Crippen LogP contribution in [0.4, 0.5) is 0 Å². The van der Waals surface area contributed by atoms with Crippen molar-refractivity contribution in [3.05, 3.63) is 9.47 Å². The molecule has 1 aromatic heterocycles. The number of rotatable bonds is 1. The van der Waals surface area contributed by atoms with Gasteiger partial charge in [0, 0.05) is 5.92 Å². The number of aliphatic hydroxyl groups excluding tert-OH is 1. The first kappa shape index (κ1) is 7.46. The topological polar surface area (TPSA) is 46.0 Å². The molecule has 0 spiro atoms. The normalized spacial score (nSPS) is 30.0. The van der Waals surface area contributed by atoms with Gasteiger partial charge in [0.1, 0.15) is 5.01 Å². The molecule has 1 aromatic rings. The molecule has 0 amide bonds. The van der Waals surface area contributed by atoms with E-state index in [9.17, 15) is 0 Å². The molecule has 3 nitrogen and oxygen atoms in total. The van der Waals surface area contributed by atoms with E-state index in [1.165, 1.54) is 11.3 Å². The molecule has 0 bridgehead atoms. The minimum absolute atomic E-state index is 0.136. The standard InChI is InChI=1S/C6H7ClN2OS/c7-6-9-8-5(11-6)3-1-4(10)2-3/h3-4,10H,1-2H2. The number of hydrogen-bond donors (Lipinski definition) is 1. The first-order valence-corrected chi connectivity index (χ1v) is 4.62. The molecule has 60 valence electrons. The average molecular weight is 191 g/mol. The first-order valence-electron chi connectivity index (χ1n) is 3.42. The Kier molecular flexibility index (Phi) is 1.83. The fraction of sp³-hybridized carbons (Fsp3) is 0.667. The first-order chi connectivity index (χ1) is 5.25. The maximum absolute atomic E-state index is 9.01. The SMILES string of the molecule is OC1CC(c2nnc(Cl)s2)C1. The largest absolute Gasteiger partial charge is 0.393 e. The lowest BCUT2D eigenvalue weighted by Crippen LogP contribution is -2.26. The van der Waals surface area contributed by atoms with Gasteiger partial charge < -0.3 is 5.11 Å². The summed E-state index contributed by atoms with van der Waals surface area (Å²) in [7, 11) is 0. The molecule has 0 saturated heterocycles. The van der Waals surface area contributed by atoms with Crippen LogP contribution in [0.1, 0.15) is 23.8 Å². The molecule has 11 heavy (non-hydrogen) atoms. The highest BCUT2D eigenvalue weighted by atomic mass is 35.5. The second kappa shape index (κ2) is 2.69. The van der Waals surface area contributed by atoms with Gasteiger partial charge in [0.2, 0.25) is 4.47 Å². The molecule has 0 radical (unpaired) electrons. The Balaban J connectivity index is 2.07. The van der Waals surface area contributed by atoms with Crippen molar-refractivity contribution in [2.75, 3.05) is 0 Å². The van der Waals surface area contributed by atoms with Gasteiger partial charge in [-0.25, -0.2) is 0 Å². The summed E-state index contributed by atoms with van der Waals surface area (Å²) in [5.41, 5.74) is 0. The monoisotopic (exact) mass is 190 g/mol. The van der Waals surface area contributed by atoms with Crippen LogP contribution in [0.3, 0.4) is 0 Å². The third-order valence-corrected chi connectivity index (χ3v) is 3.06. The summed E-state index contributed by atoms with van der Waals surface area (Å²) in [6, 6.07) is 0. The van der Waals surface area contributed by atoms with Gasteiger partial charge in [0.15, 0.2) is 0 Å². The van der Waals surface area contributed by atoms with Crippen LogP contribution in [0.15, 0.2) is 0 Å². The molecule has 2 rings (SSSR count). The molecule has 1 heterocycles. The highest BCUT2D eigenvalue weighted by molar-refractivity contribution is 7.15. The lowest BCUT2D eigenvalue weighted by Gasteiger charge is -2.28. The molecule has 0 aliphatic heterocycles. The molecule has 1 aliphatic carbocycles. The minimum atomic E-state index is -0.136. The molecular weight excluding hydrogens is 184 g/mol. The maximum atomic E-state index is 9.01. The Hall–Kier alpha value is -0.190. The van der Waals surface area contributed by atoms with E-state index in [-0.39, 0.29) is 6.10 Å². The lowest BCUT2D eigenvalue weighted by atomic mass is 9.83. The summed E-state index contributed by atoms with van der Waals surface area (Å²) in [6.45, 7) is 0. The van der Waals surface area contributed by atoms with E-state index in [0.29, 0.717) is 10.4 Å². The van der Waals surface area contributed by atoms with Gasteiger partial charge in [-0.05, 0) is 24.4 Å². The smallest absolute Gasteiger partial charge is 0.207 e. The van der Waals surface area contributed by atoms with Crippen LogP contribution in [0, 0.1) is 0 Å². The minimum Gasteiger partial charge on any atom is -0.393 e. The second-order valence-electron chi connectivity index (χ2n) is 2.72. The lowest BCUT2D eigenvalue weighted by molar-refractivity contribution is 0.0743. The van der Waals surface area contributed by atoms with Crippen molar-refractivity contribution in [2.45, 2.75) is 24.9 Å². The zero-order chi connectivity index (χ0) is 7.84. The van der Waals surface area contributed by atoms with Gasteiger partial charge >= 0.3 is 0 Å². The van der Waals surface area contributed by atoms with Gasteiger partial charge in [-0.3, -0.25) is 0 Å². The zero-order valence-corrected chi connectivity index (χ0v) is 7.27. The third kappa shape index (κ3) is 1.38. The Morgan fingerprint density at radius 1 is 1.45 bits per heavy atom. The van der Waals surface area contributed by atoms with E-state index in [2.05, 4.69) is 10.2 Å². The Morgan fingerprint density at radius 3 is 2.64 bits per heavy atom. The van der Waals surface area contributed by atoms with Crippen molar-refractivity contribution in [3.63, 3.8) is 0 Å². The Bertz CT molecular complexity index is 259. The summed E-state index contributed by atoms with van der Waals surface area (Å²) in [5, 5.41) is 17.6. The molecule has 0 aromatic carbocycles. The van der Waals surface area contributed by atoms with Gasteiger partial charge in [0.05, 0.1) is 6.10 Å². The van der Waals surface area contributed by atoms with Crippen molar-refractivity contribution in [3.8, 4) is 0 Å². The summed E-state index contributed by atoms with van der Waals surface area (Å²) < 4.78 is 0.487. The summed E-state index contributed by atoms with van der Waals surface area (Å²) in [6.07, 6.45) is 1.49. The number of nitrogens with zero attached hydrogens (tertiary/aromatic N) is 2. The van der Waals surface area contributed by atoms with Crippen molar-refractivity contribution < 1.29 is 5.11 Å². The van der Waals surface area contributed by atoms with E-state index in [4.69, 9.17) is 16.7 Å². The van der Waals surface area contributed by atoms with Crippen LogP contribution in [0.5, 0.6) is 0 Å². The van der Waals surface area contributed by atoms with Gasteiger partial charge in [-0.1, -0.05) is 11.3 Å². The molecule has 0 unspecified atom stereocenters. The number of halogens is 1. The molecule has 1 saturated carbocycles. The van der Waals surface area contributed by atoms with Crippen molar-refractivity contribution in [1.82, 2.24) is 10.2 Å². The van der Waals surface area contributed by atoms with Crippen molar-refractivity contribution >= 4 is 22.9 Å². The van der Waals surface area contributed by atoms with Crippen LogP contribution in [-0.4, -0.2) is 21.4 Å². The van der Waals surface area contributed by atoms with Crippen LogP contribution in [0.2, 0.25) is 4.47 Å². The maximum Gasteiger partial charge on any atom is 0.207 e. The van der Waals surface area contributed by atoms with E-state index in [1.54, 1.807) is 0 Å². The molecule has 1 fully saturated rings. The second-order valence-corrected chi connectivity index (χ2v) is 4.31. The highest BCUT2D eigenvalue weighted by Crippen LogP contribution is 2.38. The van der Waals surface area contributed by atoms with Crippen molar-refractivity contribution in [1.29, 1.82) is 0 Å². The van der Waals surface area contributed by atoms with E-state index < -0.39 is 0 Å². The fourth-order valence-corrected chi connectivity index (χ4v) is 2.14. The van der Waals surface area contributed by atoms with Crippen molar-refractivity contribution in [2.24, 2.45) is 0 Å². The molecular formula is C6H7ClN2OS. The van der Waals surface area contributed by atoms with E-state index >= 15 is 0 Å². The predicted octanol–water partition coefficient (Wildman–Crippen LogP) is 1.43. The van der Waals surface area contributed by atoms with E-state index in [1.807, 2.05) is 0 Å². The number of aliphatic hydroxyl groups is 1. The van der Waals surface area contributed by atoms with Crippen LogP contribution >= 0.6 is 22.9 Å². The average Bonchev–Trinajstić information content (AvgIpc) is 2.29. The molecule has 0 atom stereocenters. The van der Waals surface area contributed by atoms with Gasteiger partial charge in [-0.15, -0.1) is 10.2 Å². The molecule has 1 aliphatic rings. The number of hydrogen-bond acceptors (Lipinski definition) is 4. The molecule has 1 N–H and O–H groups in total. The van der Waals surface area contributed by atoms with Gasteiger partial charge in [-0.2, -0.15) is 0 Å². The Morgan fingerprint density at radius 2 is 2.18 bits per heavy atom. The summed E-state index contributed by atoms with van der Waals surface area (Å²) in [4.78, 5) is 0. The van der Waals surface area contributed by atoms with Crippen LogP contribution in [0.25, 0.3) is 0 Å². The summed E-state index contributed by atoms with van der Waals surface area (Å²) in [5.74, 6) is 0.398. The summed E-state index contributed by atoms with van der Waals surface area (Å²) >= 11 is 7.01. The molecule has 5 heteroatoms. The Labute approximate surface area is 73.0 Å². The predicted molar refractivity (Wildman–Crippen MR) is 42.9 cm³/mol. The highest BCUT2D eigenvalue weighted by Gasteiger charge is 2.31. The van der Waals surface area contributed by atoms with E-state index in [0.717, 1.165) is 17.8 Å².